The van der Waals surface area contributed by atoms with Gasteiger partial charge in [-0.2, -0.15) is 0 Å². The van der Waals surface area contributed by atoms with Gasteiger partial charge in [0.2, 0.25) is 12.5 Å². The summed E-state index contributed by atoms with van der Waals surface area (Å²) >= 11 is 0. The zero-order valence-corrected chi connectivity index (χ0v) is 16.1. The minimum Gasteiger partial charge on any atom is -0.780 e. The Bertz CT molecular complexity index is 1100. The smallest absolute Gasteiger partial charge is 0.231 e. The lowest BCUT2D eigenvalue weighted by atomic mass is 10.0. The number of aromatic nitrogens is 1. The Balaban J connectivity index is 1.85. The predicted octanol–water partition coefficient (Wildman–Crippen LogP) is 1.96. The molecule has 0 spiro atoms. The molecule has 0 N–H and O–H groups in total. The molecule has 1 aliphatic rings. The van der Waals surface area contributed by atoms with Crippen LogP contribution >= 0.6 is 7.82 Å². The van der Waals surface area contributed by atoms with Crippen LogP contribution in [-0.4, -0.2) is 26.2 Å². The molecule has 0 saturated carbocycles. The fraction of sp³-hybridized carbons (Fsp3) is 0.167. The maximum atomic E-state index is 11.2. The SMILES string of the molecule is COc1ccc(-c2conc2-c2cc(OC)c3c(c2)OCO3)c(OP(=O)([O-])[O-])c1. The molecule has 0 saturated heterocycles. The lowest BCUT2D eigenvalue weighted by molar-refractivity contribution is -0.333. The third-order valence-corrected chi connectivity index (χ3v) is 4.61. The summed E-state index contributed by atoms with van der Waals surface area (Å²) in [4.78, 5) is 22.4. The molecule has 0 fully saturated rings. The van der Waals surface area contributed by atoms with E-state index < -0.39 is 7.82 Å². The second-order valence-corrected chi connectivity index (χ2v) is 6.97. The van der Waals surface area contributed by atoms with Gasteiger partial charge >= 0.3 is 0 Å². The fourth-order valence-corrected chi connectivity index (χ4v) is 3.34. The van der Waals surface area contributed by atoms with Gasteiger partial charge in [-0.15, -0.1) is 0 Å². The molecule has 0 bridgehead atoms. The molecular weight excluding hydrogens is 405 g/mol. The number of hydrogen-bond acceptors (Lipinski definition) is 10. The predicted molar refractivity (Wildman–Crippen MR) is 94.8 cm³/mol. The Morgan fingerprint density at radius 2 is 1.86 bits per heavy atom. The molecule has 2 aromatic carbocycles. The molecule has 0 amide bonds. The highest BCUT2D eigenvalue weighted by Crippen LogP contribution is 2.47. The van der Waals surface area contributed by atoms with Crippen molar-refractivity contribution in [2.24, 2.45) is 0 Å². The van der Waals surface area contributed by atoms with Crippen LogP contribution in [0.1, 0.15) is 0 Å². The number of rotatable bonds is 6. The van der Waals surface area contributed by atoms with Crippen LogP contribution in [0.2, 0.25) is 0 Å². The third kappa shape index (κ3) is 3.73. The van der Waals surface area contributed by atoms with Crippen LogP contribution < -0.4 is 33.3 Å². The van der Waals surface area contributed by atoms with Gasteiger partial charge in [-0.25, -0.2) is 0 Å². The summed E-state index contributed by atoms with van der Waals surface area (Å²) in [6.45, 7) is 0.0551. The Labute approximate surface area is 164 Å². The minimum atomic E-state index is -5.32. The van der Waals surface area contributed by atoms with E-state index in [0.29, 0.717) is 39.8 Å². The third-order valence-electron chi connectivity index (χ3n) is 4.19. The van der Waals surface area contributed by atoms with E-state index in [1.165, 1.54) is 32.6 Å². The van der Waals surface area contributed by atoms with Gasteiger partial charge in [0.15, 0.2) is 11.5 Å². The molecular formula is C18H14NO9P-2. The monoisotopic (exact) mass is 419 g/mol. The summed E-state index contributed by atoms with van der Waals surface area (Å²) in [7, 11) is -2.43. The molecule has 11 heteroatoms. The molecule has 3 aromatic rings. The quantitative estimate of drug-likeness (QED) is 0.546. The van der Waals surface area contributed by atoms with Crippen LogP contribution in [0.25, 0.3) is 22.4 Å². The van der Waals surface area contributed by atoms with Gasteiger partial charge in [-0.3, -0.25) is 0 Å². The van der Waals surface area contributed by atoms with E-state index >= 15 is 0 Å². The molecule has 0 atom stereocenters. The molecule has 152 valence electrons. The van der Waals surface area contributed by atoms with E-state index in [1.807, 2.05) is 0 Å². The summed E-state index contributed by atoms with van der Waals surface area (Å²) in [6.07, 6.45) is 1.31. The van der Waals surface area contributed by atoms with Gasteiger partial charge in [-0.05, 0) is 24.3 Å². The number of phosphoric ester groups is 1. The van der Waals surface area contributed by atoms with Crippen LogP contribution in [0, 0.1) is 0 Å². The summed E-state index contributed by atoms with van der Waals surface area (Å²) in [6, 6.07) is 7.76. The number of nitrogens with zero attached hydrogens (tertiary/aromatic N) is 1. The van der Waals surface area contributed by atoms with Crippen molar-refractivity contribution in [1.82, 2.24) is 5.16 Å². The van der Waals surface area contributed by atoms with Crippen molar-refractivity contribution in [3.8, 4) is 51.1 Å². The van der Waals surface area contributed by atoms with Gasteiger partial charge in [-0.1, -0.05) is 5.16 Å². The molecule has 1 aromatic heterocycles. The van der Waals surface area contributed by atoms with Crippen LogP contribution in [0.4, 0.5) is 0 Å². The number of methoxy groups -OCH3 is 2. The maximum absolute atomic E-state index is 11.2. The first-order chi connectivity index (χ1) is 13.9. The summed E-state index contributed by atoms with van der Waals surface area (Å²) < 4.78 is 42.2. The van der Waals surface area contributed by atoms with Crippen molar-refractivity contribution in [2.75, 3.05) is 21.0 Å². The summed E-state index contributed by atoms with van der Waals surface area (Å²) in [5.41, 5.74) is 1.56. The average molecular weight is 419 g/mol. The van der Waals surface area contributed by atoms with E-state index in [-0.39, 0.29) is 18.1 Å². The van der Waals surface area contributed by atoms with E-state index in [2.05, 4.69) is 9.68 Å². The first-order valence-corrected chi connectivity index (χ1v) is 9.68. The molecule has 0 aliphatic carbocycles. The lowest BCUT2D eigenvalue weighted by Gasteiger charge is -2.30. The van der Waals surface area contributed by atoms with Crippen molar-refractivity contribution in [3.63, 3.8) is 0 Å². The van der Waals surface area contributed by atoms with Gasteiger partial charge in [0, 0.05) is 17.2 Å². The largest absolute Gasteiger partial charge is 0.780 e. The van der Waals surface area contributed by atoms with Crippen LogP contribution in [0.15, 0.2) is 41.1 Å². The standard InChI is InChI=1S/C18H16NO9P/c1-23-11-3-4-12(14(7-11)28-29(20,21)22)13-8-27-19-17(13)10-5-15(24-2)18-16(6-10)25-9-26-18/h3-8H,9H2,1-2H3,(H2,20,21,22)/p-2. The van der Waals surface area contributed by atoms with Gasteiger partial charge < -0.3 is 42.3 Å². The number of fused-ring (bicyclic) bond motifs is 1. The minimum absolute atomic E-state index is 0.0551. The molecule has 0 unspecified atom stereocenters. The van der Waals surface area contributed by atoms with Gasteiger partial charge in [0.05, 0.1) is 19.8 Å². The molecule has 0 radical (unpaired) electrons. The summed E-state index contributed by atoms with van der Waals surface area (Å²) in [5, 5.41) is 4.00. The summed E-state index contributed by atoms with van der Waals surface area (Å²) in [5.74, 6) is 1.45. The highest BCUT2D eigenvalue weighted by molar-refractivity contribution is 7.43. The van der Waals surface area contributed by atoms with Crippen LogP contribution in [0.3, 0.4) is 0 Å². The first-order valence-electron chi connectivity index (χ1n) is 8.22. The van der Waals surface area contributed by atoms with Crippen molar-refractivity contribution < 1.29 is 42.3 Å². The topological polar surface area (TPSA) is 135 Å². The lowest BCUT2D eigenvalue weighted by Crippen LogP contribution is -2.18. The van der Waals surface area contributed by atoms with Crippen molar-refractivity contribution >= 4 is 7.82 Å². The molecule has 4 rings (SSSR count). The van der Waals surface area contributed by atoms with Gasteiger partial charge in [0.1, 0.15) is 31.3 Å². The zero-order chi connectivity index (χ0) is 20.6. The molecule has 1 aliphatic heterocycles. The van der Waals surface area contributed by atoms with Crippen molar-refractivity contribution in [3.05, 3.63) is 36.6 Å². The van der Waals surface area contributed by atoms with Crippen molar-refractivity contribution in [2.45, 2.75) is 0 Å². The number of phosphoric acid groups is 1. The highest BCUT2D eigenvalue weighted by Gasteiger charge is 2.24. The highest BCUT2D eigenvalue weighted by atomic mass is 31.2. The molecule has 29 heavy (non-hydrogen) atoms. The zero-order valence-electron chi connectivity index (χ0n) is 15.2. The van der Waals surface area contributed by atoms with Crippen LogP contribution in [0.5, 0.6) is 28.7 Å². The number of benzene rings is 2. The normalized spacial score (nSPS) is 12.7. The van der Waals surface area contributed by atoms with E-state index in [1.54, 1.807) is 18.2 Å². The second kappa shape index (κ2) is 7.32. The van der Waals surface area contributed by atoms with E-state index in [4.69, 9.17) is 23.5 Å². The Morgan fingerprint density at radius 3 is 2.59 bits per heavy atom. The fourth-order valence-electron chi connectivity index (χ4n) is 2.95. The van der Waals surface area contributed by atoms with E-state index in [9.17, 15) is 14.4 Å². The number of hydrogen-bond donors (Lipinski definition) is 0. The van der Waals surface area contributed by atoms with Crippen LogP contribution in [-0.2, 0) is 4.57 Å². The van der Waals surface area contributed by atoms with Gasteiger partial charge in [0.25, 0.3) is 0 Å². The number of ether oxygens (including phenoxy) is 4. The molecule has 2 heterocycles. The van der Waals surface area contributed by atoms with E-state index in [0.717, 1.165) is 0 Å². The Hall–Kier alpha value is -3.20. The average Bonchev–Trinajstić information content (AvgIpc) is 3.35. The van der Waals surface area contributed by atoms with Crippen molar-refractivity contribution in [1.29, 1.82) is 0 Å². The second-order valence-electron chi connectivity index (χ2n) is 5.89. The molecule has 10 nitrogen and oxygen atoms in total. The Morgan fingerprint density at radius 1 is 1.03 bits per heavy atom. The first kappa shape index (κ1) is 19.1. The Kier molecular flexibility index (Phi) is 4.83. The maximum Gasteiger partial charge on any atom is 0.231 e.